The molecule has 0 amide bonds. The Bertz CT molecular complexity index is 987. The van der Waals surface area contributed by atoms with Gasteiger partial charge in [0.2, 0.25) is 0 Å². The maximum atomic E-state index is 9.78. The Labute approximate surface area is 171 Å². The van der Waals surface area contributed by atoms with Gasteiger partial charge in [-0.3, -0.25) is 0 Å². The van der Waals surface area contributed by atoms with E-state index < -0.39 is 0 Å². The fraction of sp³-hybridized carbons (Fsp3) is 0.364. The van der Waals surface area contributed by atoms with Crippen molar-refractivity contribution >= 4 is 22.7 Å². The average molecular weight is 393 g/mol. The molecule has 7 nitrogen and oxygen atoms in total. The first-order chi connectivity index (χ1) is 14.2. The third-order valence-electron chi connectivity index (χ3n) is 4.81. The van der Waals surface area contributed by atoms with Gasteiger partial charge in [-0.05, 0) is 63.6 Å². The fourth-order valence-electron chi connectivity index (χ4n) is 3.34. The molecule has 7 heteroatoms. The molecular formula is C22H28N6O. The number of rotatable bonds is 10. The van der Waals surface area contributed by atoms with Crippen molar-refractivity contribution in [3.8, 4) is 11.8 Å². The molecule has 0 saturated heterocycles. The smallest absolute Gasteiger partial charge is 0.137 e. The van der Waals surface area contributed by atoms with Crippen molar-refractivity contribution in [3.05, 3.63) is 47.7 Å². The number of unbranched alkanes of at least 4 members (excludes halogenated alkanes) is 2. The highest BCUT2D eigenvalue weighted by molar-refractivity contribution is 5.82. The van der Waals surface area contributed by atoms with E-state index in [0.29, 0.717) is 18.7 Å². The van der Waals surface area contributed by atoms with Gasteiger partial charge in [0.05, 0.1) is 24.0 Å². The van der Waals surface area contributed by atoms with Crippen LogP contribution in [-0.4, -0.2) is 29.3 Å². The number of nitrogens with one attached hydrogen (secondary N) is 2. The molecule has 0 fully saturated rings. The average Bonchev–Trinajstić information content (AvgIpc) is 3.21. The van der Waals surface area contributed by atoms with Crippen LogP contribution in [0.25, 0.3) is 5.52 Å². The third-order valence-corrected chi connectivity index (χ3v) is 4.81. The van der Waals surface area contributed by atoms with Crippen molar-refractivity contribution in [3.63, 3.8) is 0 Å². The Balaban J connectivity index is 1.92. The van der Waals surface area contributed by atoms with Crippen LogP contribution in [0.4, 0.5) is 17.2 Å². The number of ether oxygens (including phenoxy) is 1. The second-order valence-electron chi connectivity index (χ2n) is 6.82. The Morgan fingerprint density at radius 3 is 2.66 bits per heavy atom. The molecule has 29 heavy (non-hydrogen) atoms. The molecule has 1 aromatic carbocycles. The van der Waals surface area contributed by atoms with Crippen LogP contribution in [-0.2, 0) is 0 Å². The zero-order valence-corrected chi connectivity index (χ0v) is 17.0. The molecule has 2 heterocycles. The number of anilines is 3. The Morgan fingerprint density at radius 2 is 1.97 bits per heavy atom. The summed E-state index contributed by atoms with van der Waals surface area (Å²) in [6, 6.07) is 12.0. The molecular weight excluding hydrogens is 364 g/mol. The maximum Gasteiger partial charge on any atom is 0.137 e. The van der Waals surface area contributed by atoms with E-state index in [9.17, 15) is 5.26 Å². The van der Waals surface area contributed by atoms with Crippen molar-refractivity contribution in [1.82, 2.24) is 9.61 Å². The summed E-state index contributed by atoms with van der Waals surface area (Å²) in [5, 5.41) is 21.1. The van der Waals surface area contributed by atoms with E-state index in [4.69, 9.17) is 10.5 Å². The van der Waals surface area contributed by atoms with E-state index in [-0.39, 0.29) is 0 Å². The highest BCUT2D eigenvalue weighted by Crippen LogP contribution is 2.33. The first kappa shape index (κ1) is 20.5. The summed E-state index contributed by atoms with van der Waals surface area (Å²) < 4.78 is 7.30. The molecule has 0 atom stereocenters. The lowest BCUT2D eigenvalue weighted by molar-refractivity contribution is 0.340. The zero-order valence-electron chi connectivity index (χ0n) is 17.0. The third kappa shape index (κ3) is 4.61. The van der Waals surface area contributed by atoms with Gasteiger partial charge in [-0.15, -0.1) is 0 Å². The van der Waals surface area contributed by atoms with E-state index in [2.05, 4.69) is 21.8 Å². The highest BCUT2D eigenvalue weighted by atomic mass is 16.5. The molecule has 0 aliphatic carbocycles. The number of benzene rings is 1. The van der Waals surface area contributed by atoms with E-state index in [1.54, 1.807) is 10.7 Å². The topological polar surface area (TPSA) is 100 Å². The molecule has 4 N–H and O–H groups in total. The number of fused-ring (bicyclic) bond motifs is 1. The van der Waals surface area contributed by atoms with Crippen molar-refractivity contribution in [1.29, 1.82) is 5.26 Å². The van der Waals surface area contributed by atoms with E-state index in [0.717, 1.165) is 59.8 Å². The predicted molar refractivity (Wildman–Crippen MR) is 117 cm³/mol. The number of nitrogens with two attached hydrogens (primary N) is 1. The van der Waals surface area contributed by atoms with E-state index in [1.807, 2.05) is 44.2 Å². The molecule has 3 aromatic rings. The molecule has 3 rings (SSSR count). The molecule has 2 aromatic heterocycles. The predicted octanol–water partition coefficient (Wildman–Crippen LogP) is 4.20. The molecule has 0 aliphatic heterocycles. The molecule has 0 bridgehead atoms. The van der Waals surface area contributed by atoms with Crippen molar-refractivity contribution < 1.29 is 4.74 Å². The second kappa shape index (κ2) is 9.80. The Hall–Kier alpha value is -3.24. The Morgan fingerprint density at radius 1 is 1.17 bits per heavy atom. The number of hydrogen-bond acceptors (Lipinski definition) is 6. The van der Waals surface area contributed by atoms with Gasteiger partial charge in [0, 0.05) is 17.8 Å². The van der Waals surface area contributed by atoms with Gasteiger partial charge >= 0.3 is 0 Å². The van der Waals surface area contributed by atoms with Crippen LogP contribution in [0.15, 0.2) is 36.5 Å². The minimum absolute atomic E-state index is 0.607. The molecule has 0 radical (unpaired) electrons. The van der Waals surface area contributed by atoms with Crippen LogP contribution in [0.2, 0.25) is 0 Å². The maximum absolute atomic E-state index is 9.78. The number of nitrogens with zero attached hydrogens (tertiary/aromatic N) is 3. The van der Waals surface area contributed by atoms with Gasteiger partial charge in [0.15, 0.2) is 0 Å². The summed E-state index contributed by atoms with van der Waals surface area (Å²) in [5.74, 6) is 1.66. The first-order valence-corrected chi connectivity index (χ1v) is 10.0. The van der Waals surface area contributed by atoms with Gasteiger partial charge in [0.25, 0.3) is 0 Å². The van der Waals surface area contributed by atoms with Gasteiger partial charge in [-0.25, -0.2) is 4.52 Å². The second-order valence-corrected chi connectivity index (χ2v) is 6.82. The molecule has 0 spiro atoms. The van der Waals surface area contributed by atoms with Crippen molar-refractivity contribution in [2.75, 3.05) is 30.3 Å². The normalized spacial score (nSPS) is 10.7. The first-order valence-electron chi connectivity index (χ1n) is 10.0. The monoisotopic (exact) mass is 392 g/mol. The van der Waals surface area contributed by atoms with Crippen LogP contribution in [0, 0.1) is 18.3 Å². The minimum Gasteiger partial charge on any atom is -0.494 e. The van der Waals surface area contributed by atoms with Crippen LogP contribution in [0.1, 0.15) is 37.3 Å². The summed E-state index contributed by atoms with van der Waals surface area (Å²) in [6.45, 7) is 6.10. The number of nitriles is 1. The summed E-state index contributed by atoms with van der Waals surface area (Å²) in [5.41, 5.74) is 9.67. The highest BCUT2D eigenvalue weighted by Gasteiger charge is 2.18. The standard InChI is InChI=1S/C22H28N6O/c1-3-29-18-9-7-17(8-10-18)27-22-16(2)21(25-13-6-4-5-12-23)19(15-24)20-11-14-26-28(20)22/h7-11,14,25,27H,3-6,12-13,23H2,1-2H3. The molecule has 152 valence electrons. The number of aromatic nitrogens is 2. The van der Waals surface area contributed by atoms with Crippen molar-refractivity contribution in [2.45, 2.75) is 33.1 Å². The lowest BCUT2D eigenvalue weighted by Crippen LogP contribution is -2.11. The molecule has 0 saturated carbocycles. The van der Waals surface area contributed by atoms with E-state index in [1.165, 1.54) is 0 Å². The van der Waals surface area contributed by atoms with Crippen molar-refractivity contribution in [2.24, 2.45) is 5.73 Å². The summed E-state index contributed by atoms with van der Waals surface area (Å²) in [7, 11) is 0. The zero-order chi connectivity index (χ0) is 20.6. The van der Waals surface area contributed by atoms with Crippen LogP contribution in [0.5, 0.6) is 5.75 Å². The molecule has 0 aliphatic rings. The fourth-order valence-corrected chi connectivity index (χ4v) is 3.34. The SMILES string of the molecule is CCOc1ccc(Nc2c(C)c(NCCCCCN)c(C#N)c3ccnn23)cc1. The van der Waals surface area contributed by atoms with Crippen LogP contribution in [0.3, 0.4) is 0 Å². The largest absolute Gasteiger partial charge is 0.494 e. The van der Waals surface area contributed by atoms with Gasteiger partial charge in [-0.2, -0.15) is 10.4 Å². The summed E-state index contributed by atoms with van der Waals surface area (Å²) in [6.07, 6.45) is 4.80. The number of hydrogen-bond donors (Lipinski definition) is 3. The lowest BCUT2D eigenvalue weighted by atomic mass is 10.1. The Kier molecular flexibility index (Phi) is 6.93. The number of pyridine rings is 1. The van der Waals surface area contributed by atoms with E-state index >= 15 is 0 Å². The van der Waals surface area contributed by atoms with Crippen LogP contribution >= 0.6 is 0 Å². The quantitative estimate of drug-likeness (QED) is 0.447. The lowest BCUT2D eigenvalue weighted by Gasteiger charge is -2.18. The molecule has 0 unspecified atom stereocenters. The minimum atomic E-state index is 0.607. The van der Waals surface area contributed by atoms with Gasteiger partial charge < -0.3 is 21.1 Å². The summed E-state index contributed by atoms with van der Waals surface area (Å²) in [4.78, 5) is 0. The van der Waals surface area contributed by atoms with Crippen LogP contribution < -0.4 is 21.1 Å². The van der Waals surface area contributed by atoms with Gasteiger partial charge in [-0.1, -0.05) is 6.42 Å². The van der Waals surface area contributed by atoms with Gasteiger partial charge in [0.1, 0.15) is 23.2 Å². The summed E-state index contributed by atoms with van der Waals surface area (Å²) >= 11 is 0.